The number of methoxy groups -OCH3 is 1. The summed E-state index contributed by atoms with van der Waals surface area (Å²) in [4.78, 5) is 12.5. The van der Waals surface area contributed by atoms with Gasteiger partial charge in [0.2, 0.25) is 5.91 Å². The lowest BCUT2D eigenvalue weighted by Gasteiger charge is -2.17. The predicted molar refractivity (Wildman–Crippen MR) is 99.3 cm³/mol. The maximum atomic E-state index is 12.5. The minimum absolute atomic E-state index is 0. The third-order valence-corrected chi connectivity index (χ3v) is 4.58. The zero-order valence-electron chi connectivity index (χ0n) is 14.6. The van der Waals surface area contributed by atoms with E-state index in [1.165, 1.54) is 5.56 Å². The van der Waals surface area contributed by atoms with E-state index >= 15 is 0 Å². The molecule has 25 heavy (non-hydrogen) atoms. The number of nitrogens with zero attached hydrogens (tertiary/aromatic N) is 2. The molecule has 0 aliphatic carbocycles. The second kappa shape index (κ2) is 8.87. The number of aromatic nitrogens is 2. The Labute approximate surface area is 154 Å². The first-order valence-corrected chi connectivity index (χ1v) is 8.27. The third kappa shape index (κ3) is 4.74. The Bertz CT molecular complexity index is 687. The summed E-state index contributed by atoms with van der Waals surface area (Å²) in [7, 11) is 3.55. The molecule has 1 saturated heterocycles. The van der Waals surface area contributed by atoms with Crippen LogP contribution in [0.2, 0.25) is 0 Å². The molecule has 2 atom stereocenters. The van der Waals surface area contributed by atoms with Crippen LogP contribution in [0.25, 0.3) is 0 Å². The Kier molecular flexibility index (Phi) is 6.84. The quantitative estimate of drug-likeness (QED) is 0.815. The van der Waals surface area contributed by atoms with Crippen LogP contribution in [0.4, 0.5) is 0 Å². The van der Waals surface area contributed by atoms with Crippen LogP contribution in [0.15, 0.2) is 36.7 Å². The molecule has 2 aromatic rings. The highest BCUT2D eigenvalue weighted by Gasteiger charge is 2.34. The van der Waals surface area contributed by atoms with Crippen LogP contribution in [-0.2, 0) is 18.3 Å². The smallest absolute Gasteiger partial charge is 0.225 e. The van der Waals surface area contributed by atoms with Crippen molar-refractivity contribution in [2.45, 2.75) is 12.3 Å². The molecule has 1 aliphatic heterocycles. The van der Waals surface area contributed by atoms with E-state index < -0.39 is 0 Å². The van der Waals surface area contributed by atoms with E-state index in [4.69, 9.17) is 4.74 Å². The molecule has 3 rings (SSSR count). The first-order chi connectivity index (χ1) is 11.7. The highest BCUT2D eigenvalue weighted by atomic mass is 35.5. The summed E-state index contributed by atoms with van der Waals surface area (Å²) >= 11 is 0. The van der Waals surface area contributed by atoms with E-state index in [0.717, 1.165) is 24.3 Å². The van der Waals surface area contributed by atoms with Crippen molar-refractivity contribution in [1.29, 1.82) is 0 Å². The Hall–Kier alpha value is -2.05. The van der Waals surface area contributed by atoms with E-state index in [0.29, 0.717) is 13.1 Å². The van der Waals surface area contributed by atoms with Crippen LogP contribution in [0.5, 0.6) is 5.75 Å². The predicted octanol–water partition coefficient (Wildman–Crippen LogP) is 1.51. The van der Waals surface area contributed by atoms with Gasteiger partial charge in [-0.3, -0.25) is 9.48 Å². The molecular formula is C18H25ClN4O2. The lowest BCUT2D eigenvalue weighted by Crippen LogP contribution is -2.35. The molecule has 0 unspecified atom stereocenters. The first-order valence-electron chi connectivity index (χ1n) is 8.27. The van der Waals surface area contributed by atoms with Crippen molar-refractivity contribution >= 4 is 18.3 Å². The number of ether oxygens (including phenoxy) is 1. The summed E-state index contributed by atoms with van der Waals surface area (Å²) in [5, 5.41) is 10.6. The number of benzene rings is 1. The highest BCUT2D eigenvalue weighted by molar-refractivity contribution is 5.85. The Morgan fingerprint density at radius 2 is 2.12 bits per heavy atom. The van der Waals surface area contributed by atoms with Crippen molar-refractivity contribution in [2.24, 2.45) is 13.0 Å². The molecule has 1 aromatic carbocycles. The minimum atomic E-state index is -0.0370. The van der Waals surface area contributed by atoms with Gasteiger partial charge in [-0.05, 0) is 29.7 Å². The van der Waals surface area contributed by atoms with E-state index in [2.05, 4.69) is 15.7 Å². The summed E-state index contributed by atoms with van der Waals surface area (Å²) < 4.78 is 6.94. The van der Waals surface area contributed by atoms with Crippen molar-refractivity contribution in [3.63, 3.8) is 0 Å². The van der Waals surface area contributed by atoms with Gasteiger partial charge in [-0.15, -0.1) is 12.4 Å². The summed E-state index contributed by atoms with van der Waals surface area (Å²) in [5.41, 5.74) is 2.31. The zero-order valence-corrected chi connectivity index (χ0v) is 15.4. The first kappa shape index (κ1) is 19.3. The van der Waals surface area contributed by atoms with Crippen LogP contribution in [0.1, 0.15) is 17.0 Å². The van der Waals surface area contributed by atoms with Gasteiger partial charge in [0.05, 0.1) is 19.2 Å². The average molecular weight is 365 g/mol. The molecule has 7 heteroatoms. The second-order valence-electron chi connectivity index (χ2n) is 6.21. The summed E-state index contributed by atoms with van der Waals surface area (Å²) in [5.74, 6) is 1.12. The van der Waals surface area contributed by atoms with Crippen LogP contribution in [-0.4, -0.2) is 42.4 Å². The number of carbonyl (C=O) groups is 1. The molecule has 1 aliphatic rings. The fourth-order valence-corrected chi connectivity index (χ4v) is 3.19. The molecule has 2 N–H and O–H groups in total. The van der Waals surface area contributed by atoms with Gasteiger partial charge in [-0.25, -0.2) is 0 Å². The number of rotatable bonds is 6. The normalized spacial score (nSPS) is 19.3. The van der Waals surface area contributed by atoms with Crippen LogP contribution in [0.3, 0.4) is 0 Å². The van der Waals surface area contributed by atoms with Gasteiger partial charge in [0.1, 0.15) is 5.75 Å². The van der Waals surface area contributed by atoms with Crippen molar-refractivity contribution in [1.82, 2.24) is 20.4 Å². The molecule has 2 heterocycles. The number of carbonyl (C=O) groups excluding carboxylic acids is 1. The van der Waals surface area contributed by atoms with Crippen molar-refractivity contribution in [2.75, 3.05) is 26.7 Å². The highest BCUT2D eigenvalue weighted by Crippen LogP contribution is 2.27. The maximum absolute atomic E-state index is 12.5. The van der Waals surface area contributed by atoms with Gasteiger partial charge in [0.25, 0.3) is 0 Å². The van der Waals surface area contributed by atoms with E-state index in [1.54, 1.807) is 11.8 Å². The van der Waals surface area contributed by atoms with Gasteiger partial charge in [-0.2, -0.15) is 5.10 Å². The molecule has 1 fully saturated rings. The molecule has 0 radical (unpaired) electrons. The van der Waals surface area contributed by atoms with E-state index in [1.807, 2.05) is 43.7 Å². The number of hydrogen-bond donors (Lipinski definition) is 2. The zero-order chi connectivity index (χ0) is 16.9. The summed E-state index contributed by atoms with van der Waals surface area (Å²) in [6.07, 6.45) is 4.66. The maximum Gasteiger partial charge on any atom is 0.225 e. The number of halogens is 1. The van der Waals surface area contributed by atoms with Crippen LogP contribution < -0.4 is 15.4 Å². The van der Waals surface area contributed by atoms with Gasteiger partial charge in [0, 0.05) is 38.8 Å². The SMILES string of the molecule is COc1ccc(CCNC(=O)[C@H]2CNC[C@@H]2c2cnn(C)c2)cc1.Cl. The number of hydrogen-bond acceptors (Lipinski definition) is 4. The minimum Gasteiger partial charge on any atom is -0.497 e. The molecule has 1 aromatic heterocycles. The average Bonchev–Trinajstić information content (AvgIpc) is 3.24. The number of aryl methyl sites for hydroxylation is 1. The Morgan fingerprint density at radius 3 is 2.76 bits per heavy atom. The number of nitrogens with one attached hydrogen (secondary N) is 2. The van der Waals surface area contributed by atoms with Crippen molar-refractivity contribution in [3.8, 4) is 5.75 Å². The monoisotopic (exact) mass is 364 g/mol. The molecule has 6 nitrogen and oxygen atoms in total. The molecule has 1 amide bonds. The van der Waals surface area contributed by atoms with Gasteiger partial charge >= 0.3 is 0 Å². The Balaban J connectivity index is 0.00000225. The topological polar surface area (TPSA) is 68.2 Å². The summed E-state index contributed by atoms with van der Waals surface area (Å²) in [6, 6.07) is 7.94. The molecule has 136 valence electrons. The number of amides is 1. The van der Waals surface area contributed by atoms with E-state index in [9.17, 15) is 4.79 Å². The molecule has 0 spiro atoms. The fraction of sp³-hybridized carbons (Fsp3) is 0.444. The third-order valence-electron chi connectivity index (χ3n) is 4.58. The van der Waals surface area contributed by atoms with Gasteiger partial charge in [0.15, 0.2) is 0 Å². The van der Waals surface area contributed by atoms with Gasteiger partial charge < -0.3 is 15.4 Å². The van der Waals surface area contributed by atoms with E-state index in [-0.39, 0.29) is 30.2 Å². The van der Waals surface area contributed by atoms with Crippen LogP contribution >= 0.6 is 12.4 Å². The van der Waals surface area contributed by atoms with Crippen molar-refractivity contribution < 1.29 is 9.53 Å². The standard InChI is InChI=1S/C18H24N4O2.ClH/c1-22-12-14(9-21-22)16-10-19-11-17(16)18(23)20-8-7-13-3-5-15(24-2)6-4-13;/h3-6,9,12,16-17,19H,7-8,10-11H2,1-2H3,(H,20,23);1H/t16-,17+;/m1./s1. The molecule has 0 bridgehead atoms. The van der Waals surface area contributed by atoms with Crippen LogP contribution in [0, 0.1) is 5.92 Å². The molecule has 0 saturated carbocycles. The summed E-state index contributed by atoms with van der Waals surface area (Å²) in [6.45, 7) is 2.18. The lowest BCUT2D eigenvalue weighted by molar-refractivity contribution is -0.124. The second-order valence-corrected chi connectivity index (χ2v) is 6.21. The lowest BCUT2D eigenvalue weighted by atomic mass is 9.90. The fourth-order valence-electron chi connectivity index (χ4n) is 3.19. The molecular weight excluding hydrogens is 340 g/mol. The largest absolute Gasteiger partial charge is 0.497 e. The van der Waals surface area contributed by atoms with Crippen molar-refractivity contribution in [3.05, 3.63) is 47.8 Å². The Morgan fingerprint density at radius 1 is 1.36 bits per heavy atom. The van der Waals surface area contributed by atoms with Gasteiger partial charge in [-0.1, -0.05) is 12.1 Å².